The molecule has 1 amide bonds. The molecule has 2 aromatic carbocycles. The van der Waals surface area contributed by atoms with Crippen molar-refractivity contribution in [1.29, 1.82) is 0 Å². The summed E-state index contributed by atoms with van der Waals surface area (Å²) in [5, 5.41) is 19.2. The van der Waals surface area contributed by atoms with Crippen molar-refractivity contribution in [1.82, 2.24) is 4.90 Å². The molecule has 0 spiro atoms. The lowest BCUT2D eigenvalue weighted by Gasteiger charge is -2.40. The maximum absolute atomic E-state index is 13.8. The molecule has 2 aliphatic rings. The summed E-state index contributed by atoms with van der Waals surface area (Å²) in [6.07, 6.45) is -11.8. The molecule has 0 bridgehead atoms. The quantitative estimate of drug-likeness (QED) is 0.475. The van der Waals surface area contributed by atoms with Crippen molar-refractivity contribution in [3.8, 4) is 0 Å². The van der Waals surface area contributed by atoms with E-state index in [0.717, 1.165) is 34.6 Å². The number of anilines is 1. The normalized spacial score (nSPS) is 19.3. The fourth-order valence-corrected chi connectivity index (χ4v) is 6.99. The average Bonchev–Trinajstić information content (AvgIpc) is 2.91. The molecule has 2 N–H and O–H groups in total. The number of halogens is 7. The van der Waals surface area contributed by atoms with Crippen molar-refractivity contribution in [2.45, 2.75) is 61.0 Å². The number of piperidine rings is 1. The van der Waals surface area contributed by atoms with Gasteiger partial charge in [-0.1, -0.05) is 12.1 Å². The van der Waals surface area contributed by atoms with Crippen molar-refractivity contribution in [2.75, 3.05) is 24.0 Å². The van der Waals surface area contributed by atoms with Gasteiger partial charge < -0.3 is 15.1 Å². The minimum Gasteiger partial charge on any atom is -0.396 e. The van der Waals surface area contributed by atoms with Gasteiger partial charge in [-0.15, -0.1) is 0 Å². The molecule has 15 heteroatoms. The zero-order valence-electron chi connectivity index (χ0n) is 21.4. The molecule has 4 rings (SSSR count). The minimum absolute atomic E-state index is 0.0252. The number of fused-ring (bicyclic) bond motifs is 1. The number of carbonyl (C=O) groups is 1. The zero-order chi connectivity index (χ0) is 30.4. The van der Waals surface area contributed by atoms with Crippen molar-refractivity contribution in [3.63, 3.8) is 0 Å². The molecule has 0 saturated carbocycles. The lowest BCUT2D eigenvalue weighted by Crippen LogP contribution is -2.54. The molecule has 0 aromatic heterocycles. The van der Waals surface area contributed by atoms with Gasteiger partial charge in [0.1, 0.15) is 5.82 Å². The van der Waals surface area contributed by atoms with E-state index in [1.54, 1.807) is 0 Å². The van der Waals surface area contributed by atoms with Crippen LogP contribution in [0, 0.1) is 11.7 Å². The molecular weight excluding hydrogens is 585 g/mol. The van der Waals surface area contributed by atoms with Crippen LogP contribution in [0.3, 0.4) is 0 Å². The fourth-order valence-electron chi connectivity index (χ4n) is 5.28. The van der Waals surface area contributed by atoms with Crippen LogP contribution >= 0.6 is 0 Å². The molecule has 1 fully saturated rings. The first-order chi connectivity index (χ1) is 19.0. The predicted molar refractivity (Wildman–Crippen MR) is 132 cm³/mol. The first-order valence-corrected chi connectivity index (χ1v) is 14.1. The number of hydrogen-bond acceptors (Lipinski definition) is 5. The smallest absolute Gasteiger partial charge is 0.396 e. The van der Waals surface area contributed by atoms with Gasteiger partial charge >= 0.3 is 12.4 Å². The Morgan fingerprint density at radius 1 is 0.927 bits per heavy atom. The summed E-state index contributed by atoms with van der Waals surface area (Å²) in [7, 11) is -4.58. The maximum Gasteiger partial charge on any atom is 0.430 e. The number of likely N-dealkylation sites (tertiary alicyclic amines) is 1. The zero-order valence-corrected chi connectivity index (χ0v) is 22.2. The molecular formula is C26H27F7N2O5S. The molecule has 0 unspecified atom stereocenters. The van der Waals surface area contributed by atoms with Crippen LogP contribution in [-0.4, -0.2) is 67.5 Å². The Labute approximate surface area is 231 Å². The number of aliphatic hydroxyl groups excluding tert-OH is 1. The second-order valence-corrected chi connectivity index (χ2v) is 12.0. The molecule has 1 saturated heterocycles. The van der Waals surface area contributed by atoms with Gasteiger partial charge in [-0.05, 0) is 67.5 Å². The molecule has 41 heavy (non-hydrogen) atoms. The first kappa shape index (κ1) is 31.0. The van der Waals surface area contributed by atoms with Gasteiger partial charge in [0, 0.05) is 31.7 Å². The highest BCUT2D eigenvalue weighted by atomic mass is 32.2. The van der Waals surface area contributed by atoms with Crippen LogP contribution in [0.15, 0.2) is 47.4 Å². The van der Waals surface area contributed by atoms with E-state index in [1.165, 1.54) is 4.90 Å². The highest BCUT2D eigenvalue weighted by Gasteiger charge is 2.71. The van der Waals surface area contributed by atoms with Crippen molar-refractivity contribution in [2.24, 2.45) is 5.92 Å². The van der Waals surface area contributed by atoms with Gasteiger partial charge in [0.05, 0.1) is 16.6 Å². The van der Waals surface area contributed by atoms with Gasteiger partial charge in [0.2, 0.25) is 5.91 Å². The summed E-state index contributed by atoms with van der Waals surface area (Å²) in [6.45, 7) is 0.620. The second-order valence-electron chi connectivity index (χ2n) is 10.2. The maximum atomic E-state index is 13.8. The standard InChI is InChI=1S/C26H27F7N2O5S/c27-19-3-6-21(7-4-19)41(39,40)35-20(14-23(37)34-11-9-16(15-36)10-12-34)5-1-17-13-18(2-8-22(17)35)24(38,25(28,29)30)26(31,32)33/h2-4,6-8,13,16,20,36,38H,1,5,9-12,14-15H2/t20-/m0/s1. The Morgan fingerprint density at radius 3 is 2.05 bits per heavy atom. The lowest BCUT2D eigenvalue weighted by molar-refractivity contribution is -0.376. The minimum atomic E-state index is -6.13. The second kappa shape index (κ2) is 11.1. The van der Waals surface area contributed by atoms with E-state index < -0.39 is 56.2 Å². The Bertz CT molecular complexity index is 1360. The number of amides is 1. The van der Waals surface area contributed by atoms with Crippen molar-refractivity contribution in [3.05, 3.63) is 59.4 Å². The number of aryl methyl sites for hydroxylation is 1. The number of hydrogen-bond donors (Lipinski definition) is 2. The van der Waals surface area contributed by atoms with E-state index in [4.69, 9.17) is 0 Å². The van der Waals surface area contributed by atoms with Crippen LogP contribution in [0.25, 0.3) is 0 Å². The highest BCUT2D eigenvalue weighted by molar-refractivity contribution is 7.92. The third-order valence-electron chi connectivity index (χ3n) is 7.64. The summed E-state index contributed by atoms with van der Waals surface area (Å²) in [6, 6.07) is 4.18. The largest absolute Gasteiger partial charge is 0.430 e. The lowest BCUT2D eigenvalue weighted by atomic mass is 9.87. The number of carbonyl (C=O) groups excluding carboxylic acids is 1. The van der Waals surface area contributed by atoms with E-state index >= 15 is 0 Å². The summed E-state index contributed by atoms with van der Waals surface area (Å²) >= 11 is 0. The average molecular weight is 613 g/mol. The number of sulfonamides is 1. The predicted octanol–water partition coefficient (Wildman–Crippen LogP) is 4.27. The molecule has 0 aliphatic carbocycles. The SMILES string of the molecule is O=C(C[C@@H]1CCc2cc(C(O)(C(F)(F)F)C(F)(F)F)ccc2N1S(=O)(=O)c1ccc(F)cc1)N1CCC(CO)CC1. The fraction of sp³-hybridized carbons (Fsp3) is 0.500. The number of nitrogens with zero attached hydrogens (tertiary/aromatic N) is 2. The number of benzene rings is 2. The van der Waals surface area contributed by atoms with Crippen LogP contribution < -0.4 is 4.31 Å². The Kier molecular flexibility index (Phi) is 8.37. The van der Waals surface area contributed by atoms with Crippen molar-refractivity contribution >= 4 is 21.6 Å². The van der Waals surface area contributed by atoms with E-state index in [0.29, 0.717) is 38.1 Å². The van der Waals surface area contributed by atoms with E-state index in [1.807, 2.05) is 0 Å². The number of rotatable bonds is 6. The molecule has 0 radical (unpaired) electrons. The third-order valence-corrected chi connectivity index (χ3v) is 9.52. The monoisotopic (exact) mass is 612 g/mol. The molecule has 2 heterocycles. The van der Waals surface area contributed by atoms with Crippen LogP contribution in [-0.2, 0) is 26.8 Å². The Morgan fingerprint density at radius 2 is 1.51 bits per heavy atom. The van der Waals surface area contributed by atoms with Gasteiger partial charge in [-0.3, -0.25) is 9.10 Å². The Balaban J connectivity index is 1.76. The highest BCUT2D eigenvalue weighted by Crippen LogP contribution is 2.51. The van der Waals surface area contributed by atoms with Crippen LogP contribution in [0.4, 0.5) is 36.4 Å². The van der Waals surface area contributed by atoms with Gasteiger partial charge in [0.15, 0.2) is 0 Å². The third kappa shape index (κ3) is 5.75. The van der Waals surface area contributed by atoms with Crippen molar-refractivity contribution < 1.29 is 54.2 Å². The van der Waals surface area contributed by atoms with Crippen LogP contribution in [0.1, 0.15) is 36.8 Å². The molecule has 2 aromatic rings. The molecule has 7 nitrogen and oxygen atoms in total. The molecule has 1 atom stereocenters. The summed E-state index contributed by atoms with van der Waals surface area (Å²) in [5.41, 5.74) is -7.21. The topological polar surface area (TPSA) is 98.2 Å². The summed E-state index contributed by atoms with van der Waals surface area (Å²) in [4.78, 5) is 14.3. The summed E-state index contributed by atoms with van der Waals surface area (Å²) in [5.74, 6) is -1.13. The number of aliphatic hydroxyl groups is 2. The van der Waals surface area contributed by atoms with Gasteiger partial charge in [-0.25, -0.2) is 12.8 Å². The van der Waals surface area contributed by atoms with Gasteiger partial charge in [0.25, 0.3) is 15.6 Å². The first-order valence-electron chi connectivity index (χ1n) is 12.7. The van der Waals surface area contributed by atoms with Gasteiger partial charge in [-0.2, -0.15) is 26.3 Å². The van der Waals surface area contributed by atoms with E-state index in [2.05, 4.69) is 0 Å². The Hall–Kier alpha value is -2.91. The van der Waals surface area contributed by atoms with E-state index in [-0.39, 0.29) is 43.0 Å². The summed E-state index contributed by atoms with van der Waals surface area (Å²) < 4.78 is 123. The molecule has 2 aliphatic heterocycles. The van der Waals surface area contributed by atoms with Crippen LogP contribution in [0.2, 0.25) is 0 Å². The molecule has 226 valence electrons. The van der Waals surface area contributed by atoms with E-state index in [9.17, 15) is 54.2 Å². The van der Waals surface area contributed by atoms with Crippen LogP contribution in [0.5, 0.6) is 0 Å². The number of alkyl halides is 6.